The largest absolute Gasteiger partial charge is 0.498 e. The van der Waals surface area contributed by atoms with Crippen molar-refractivity contribution in [3.63, 3.8) is 0 Å². The second-order valence-corrected chi connectivity index (χ2v) is 8.69. The lowest BCUT2D eigenvalue weighted by molar-refractivity contribution is 0.00578. The van der Waals surface area contributed by atoms with Gasteiger partial charge in [0.25, 0.3) is 0 Å². The molecule has 1 atom stereocenters. The Morgan fingerprint density at radius 1 is 1.25 bits per heavy atom. The third-order valence-corrected chi connectivity index (χ3v) is 6.42. The fraction of sp³-hybridized carbons (Fsp3) is 0.700. The van der Waals surface area contributed by atoms with Crippen molar-refractivity contribution in [2.75, 3.05) is 13.2 Å². The van der Waals surface area contributed by atoms with E-state index in [4.69, 9.17) is 14.0 Å². The van der Waals surface area contributed by atoms with Gasteiger partial charge in [-0.05, 0) is 76.9 Å². The van der Waals surface area contributed by atoms with E-state index >= 15 is 0 Å². The zero-order valence-corrected chi connectivity index (χ0v) is 19.3. The van der Waals surface area contributed by atoms with Crippen LogP contribution in [0.25, 0.3) is 0 Å². The molecule has 1 saturated heterocycles. The molecule has 1 fully saturated rings. The summed E-state index contributed by atoms with van der Waals surface area (Å²) in [6.45, 7) is 17.7. The third-order valence-electron chi connectivity index (χ3n) is 5.17. The van der Waals surface area contributed by atoms with Crippen LogP contribution in [0.4, 0.5) is 0 Å². The van der Waals surface area contributed by atoms with Gasteiger partial charge in [0, 0.05) is 34.7 Å². The standard InChI is InChI=1S/C13H23BN2O3.C6H8BrN.CH4/c1-7-17-10(2)16-9-11(8-15-16)14-18-12(3,4)13(5,6)19-14;1-4-3-8-5(2)6(4)7;/h8-10H,7H2,1-6H3;3H2,1-2H3;1H4. The Labute approximate surface area is 179 Å². The van der Waals surface area contributed by atoms with Crippen LogP contribution in [0, 0.1) is 0 Å². The minimum atomic E-state index is -0.368. The van der Waals surface area contributed by atoms with Gasteiger partial charge in [-0.3, -0.25) is 4.99 Å². The zero-order valence-electron chi connectivity index (χ0n) is 17.7. The third kappa shape index (κ3) is 5.56. The van der Waals surface area contributed by atoms with Gasteiger partial charge >= 0.3 is 7.12 Å². The van der Waals surface area contributed by atoms with Crippen LogP contribution in [0.15, 0.2) is 27.4 Å². The molecule has 1 unspecified atom stereocenters. The molecular weight excluding hydrogens is 421 g/mol. The van der Waals surface area contributed by atoms with Gasteiger partial charge in [-0.25, -0.2) is 4.68 Å². The van der Waals surface area contributed by atoms with Crippen molar-refractivity contribution in [3.05, 3.63) is 22.4 Å². The normalized spacial score (nSPS) is 21.0. The predicted molar refractivity (Wildman–Crippen MR) is 121 cm³/mol. The van der Waals surface area contributed by atoms with Crippen LogP contribution in [0.2, 0.25) is 0 Å². The molecule has 1 aromatic rings. The monoisotopic (exact) mass is 455 g/mol. The summed E-state index contributed by atoms with van der Waals surface area (Å²) in [5.74, 6) is 0. The average Bonchev–Trinajstić information content (AvgIpc) is 3.23. The highest BCUT2D eigenvalue weighted by Crippen LogP contribution is 2.36. The Morgan fingerprint density at radius 3 is 2.21 bits per heavy atom. The number of aromatic nitrogens is 2. The number of ether oxygens (including phenoxy) is 1. The highest BCUT2D eigenvalue weighted by molar-refractivity contribution is 9.12. The maximum absolute atomic E-state index is 5.99. The van der Waals surface area contributed by atoms with Gasteiger partial charge in [0.2, 0.25) is 0 Å². The van der Waals surface area contributed by atoms with E-state index in [9.17, 15) is 0 Å². The van der Waals surface area contributed by atoms with Crippen LogP contribution >= 0.6 is 15.9 Å². The molecule has 3 heterocycles. The molecule has 28 heavy (non-hydrogen) atoms. The fourth-order valence-electron chi connectivity index (χ4n) is 2.65. The highest BCUT2D eigenvalue weighted by atomic mass is 79.9. The molecule has 8 heteroatoms. The Morgan fingerprint density at radius 2 is 1.82 bits per heavy atom. The summed E-state index contributed by atoms with van der Waals surface area (Å²) in [5, 5.41) is 4.31. The molecule has 0 aliphatic carbocycles. The zero-order chi connectivity index (χ0) is 20.4. The summed E-state index contributed by atoms with van der Waals surface area (Å²) in [4.78, 5) is 4.19. The summed E-state index contributed by atoms with van der Waals surface area (Å²) >= 11 is 3.42. The average molecular weight is 456 g/mol. The fourth-order valence-corrected chi connectivity index (χ4v) is 2.91. The molecule has 0 bridgehead atoms. The molecule has 2 aliphatic rings. The molecular formula is C20H35BBrN3O3. The van der Waals surface area contributed by atoms with E-state index in [-0.39, 0.29) is 32.0 Å². The minimum Gasteiger partial charge on any atom is -0.399 e. The Balaban J connectivity index is 0.000000367. The Hall–Kier alpha value is -0.955. The topological polar surface area (TPSA) is 57.9 Å². The van der Waals surface area contributed by atoms with Crippen molar-refractivity contribution in [1.29, 1.82) is 0 Å². The van der Waals surface area contributed by atoms with E-state index in [1.807, 2.05) is 54.7 Å². The first-order valence-corrected chi connectivity index (χ1v) is 10.2. The molecule has 2 aliphatic heterocycles. The summed E-state index contributed by atoms with van der Waals surface area (Å²) in [5.41, 5.74) is 2.73. The maximum Gasteiger partial charge on any atom is 0.498 e. The summed E-state index contributed by atoms with van der Waals surface area (Å²) in [6, 6.07) is 0. The molecule has 0 amide bonds. The van der Waals surface area contributed by atoms with Gasteiger partial charge in [0.1, 0.15) is 6.23 Å². The lowest BCUT2D eigenvalue weighted by Crippen LogP contribution is -2.41. The smallest absolute Gasteiger partial charge is 0.399 e. The molecule has 158 valence electrons. The molecule has 0 N–H and O–H groups in total. The van der Waals surface area contributed by atoms with E-state index in [2.05, 4.69) is 32.9 Å². The van der Waals surface area contributed by atoms with Crippen LogP contribution in [0.5, 0.6) is 0 Å². The van der Waals surface area contributed by atoms with E-state index in [1.165, 1.54) is 10.1 Å². The number of rotatable bonds is 4. The van der Waals surface area contributed by atoms with Crippen molar-refractivity contribution in [3.8, 4) is 0 Å². The van der Waals surface area contributed by atoms with Crippen LogP contribution in [0.3, 0.4) is 0 Å². The Kier molecular flexibility index (Phi) is 8.69. The van der Waals surface area contributed by atoms with Crippen LogP contribution < -0.4 is 5.46 Å². The molecule has 1 aromatic heterocycles. The lowest BCUT2D eigenvalue weighted by atomic mass is 9.82. The van der Waals surface area contributed by atoms with Crippen LogP contribution in [0.1, 0.15) is 69.0 Å². The SMILES string of the molecule is C.CC1=NCC(C)=C1Br.CCOC(C)n1cc(B2OC(C)(C)C(C)(C)O2)cn1. The van der Waals surface area contributed by atoms with Gasteiger partial charge in [-0.2, -0.15) is 5.10 Å². The molecule has 0 aromatic carbocycles. The minimum absolute atomic E-state index is 0. The number of aliphatic imine (C=N–C) groups is 1. The van der Waals surface area contributed by atoms with E-state index in [0.29, 0.717) is 6.61 Å². The highest BCUT2D eigenvalue weighted by Gasteiger charge is 2.52. The number of nitrogens with zero attached hydrogens (tertiary/aromatic N) is 3. The number of halogens is 1. The molecule has 0 radical (unpaired) electrons. The lowest BCUT2D eigenvalue weighted by Gasteiger charge is -2.32. The number of allylic oxidation sites excluding steroid dienone is 1. The summed E-state index contributed by atoms with van der Waals surface area (Å²) in [6.07, 6.45) is 3.61. The molecule has 6 nitrogen and oxygen atoms in total. The maximum atomic E-state index is 5.99. The first-order valence-electron chi connectivity index (χ1n) is 9.36. The van der Waals surface area contributed by atoms with Gasteiger partial charge in [-0.1, -0.05) is 7.43 Å². The Bertz CT molecular complexity index is 707. The second-order valence-electron chi connectivity index (χ2n) is 7.89. The first-order chi connectivity index (χ1) is 12.5. The van der Waals surface area contributed by atoms with Gasteiger partial charge in [0.05, 0.1) is 17.7 Å². The first kappa shape index (κ1) is 25.1. The predicted octanol–water partition coefficient (Wildman–Crippen LogP) is 4.50. The molecule has 0 spiro atoms. The van der Waals surface area contributed by atoms with Crippen LogP contribution in [-0.4, -0.2) is 47.0 Å². The van der Waals surface area contributed by atoms with Crippen molar-refractivity contribution in [1.82, 2.24) is 9.78 Å². The van der Waals surface area contributed by atoms with E-state index in [0.717, 1.165) is 17.7 Å². The quantitative estimate of drug-likeness (QED) is 0.627. The molecule has 0 saturated carbocycles. The van der Waals surface area contributed by atoms with Crippen molar-refractivity contribution < 1.29 is 14.0 Å². The summed E-state index contributed by atoms with van der Waals surface area (Å²) < 4.78 is 20.5. The molecule has 3 rings (SSSR count). The van der Waals surface area contributed by atoms with Crippen LogP contribution in [-0.2, 0) is 14.0 Å². The van der Waals surface area contributed by atoms with Crippen molar-refractivity contribution >= 4 is 34.2 Å². The van der Waals surface area contributed by atoms with E-state index < -0.39 is 0 Å². The van der Waals surface area contributed by atoms with Crippen molar-refractivity contribution in [2.24, 2.45) is 4.99 Å². The van der Waals surface area contributed by atoms with Gasteiger partial charge in [-0.15, -0.1) is 0 Å². The van der Waals surface area contributed by atoms with Gasteiger partial charge in [0.15, 0.2) is 0 Å². The number of hydrogen-bond donors (Lipinski definition) is 0. The van der Waals surface area contributed by atoms with Gasteiger partial charge < -0.3 is 14.0 Å². The van der Waals surface area contributed by atoms with Crippen molar-refractivity contribution in [2.45, 2.75) is 80.2 Å². The second kappa shape index (κ2) is 9.70. The summed E-state index contributed by atoms with van der Waals surface area (Å²) in [7, 11) is -0.368. The van der Waals surface area contributed by atoms with E-state index in [1.54, 1.807) is 10.9 Å². The number of hydrogen-bond acceptors (Lipinski definition) is 5.